The zero-order valence-electron chi connectivity index (χ0n) is 17.6. The normalized spacial score (nSPS) is 11.1. The van der Waals surface area contributed by atoms with Crippen molar-refractivity contribution >= 4 is 28.5 Å². The summed E-state index contributed by atoms with van der Waals surface area (Å²) < 4.78 is 1.81. The molecule has 0 fully saturated rings. The van der Waals surface area contributed by atoms with Crippen molar-refractivity contribution in [2.45, 2.75) is 40.7 Å². The van der Waals surface area contributed by atoms with Crippen molar-refractivity contribution in [3.05, 3.63) is 53.3 Å². The fraction of sp³-hybridized carbons (Fsp3) is 0.364. The summed E-state index contributed by atoms with van der Waals surface area (Å²) in [5.74, 6) is -0.243. The van der Waals surface area contributed by atoms with E-state index >= 15 is 0 Å². The molecule has 0 saturated heterocycles. The van der Waals surface area contributed by atoms with Crippen molar-refractivity contribution in [2.75, 3.05) is 18.4 Å². The standard InChI is InChI=1S/C22H27N5O2/c1-6-26(7-2)22(29)16-8-10-17(11-9-16)25-21(28)18-12-15(5)24-20-19(18)13-23-27(20)14(3)4/h8-14H,6-7H2,1-5H3,(H,25,28). The van der Waals surface area contributed by atoms with E-state index in [9.17, 15) is 9.59 Å². The Balaban J connectivity index is 1.85. The number of aromatic nitrogens is 3. The molecule has 29 heavy (non-hydrogen) atoms. The van der Waals surface area contributed by atoms with E-state index in [0.29, 0.717) is 35.6 Å². The van der Waals surface area contributed by atoms with Gasteiger partial charge >= 0.3 is 0 Å². The zero-order valence-corrected chi connectivity index (χ0v) is 17.6. The number of pyridine rings is 1. The summed E-state index contributed by atoms with van der Waals surface area (Å²) in [5.41, 5.74) is 3.22. The van der Waals surface area contributed by atoms with Crippen LogP contribution < -0.4 is 5.32 Å². The molecule has 2 heterocycles. The van der Waals surface area contributed by atoms with Crippen LogP contribution in [-0.4, -0.2) is 44.6 Å². The lowest BCUT2D eigenvalue weighted by molar-refractivity contribution is 0.0773. The summed E-state index contributed by atoms with van der Waals surface area (Å²) in [5, 5.41) is 8.01. The Bertz CT molecular complexity index is 1030. The first-order valence-corrected chi connectivity index (χ1v) is 9.91. The van der Waals surface area contributed by atoms with Crippen LogP contribution >= 0.6 is 0 Å². The van der Waals surface area contributed by atoms with E-state index in [-0.39, 0.29) is 17.9 Å². The van der Waals surface area contributed by atoms with Gasteiger partial charge in [-0.3, -0.25) is 9.59 Å². The predicted octanol–water partition coefficient (Wildman–Crippen LogP) is 4.05. The van der Waals surface area contributed by atoms with Crippen molar-refractivity contribution in [2.24, 2.45) is 0 Å². The van der Waals surface area contributed by atoms with Crippen LogP contribution in [0.2, 0.25) is 0 Å². The molecule has 0 spiro atoms. The molecule has 0 aliphatic heterocycles. The molecule has 0 radical (unpaired) electrons. The minimum atomic E-state index is -0.230. The van der Waals surface area contributed by atoms with E-state index in [2.05, 4.69) is 15.4 Å². The second kappa shape index (κ2) is 8.43. The Hall–Kier alpha value is -3.22. The van der Waals surface area contributed by atoms with E-state index in [1.165, 1.54) is 0 Å². The predicted molar refractivity (Wildman–Crippen MR) is 114 cm³/mol. The molecule has 1 aromatic carbocycles. The highest BCUT2D eigenvalue weighted by Crippen LogP contribution is 2.22. The van der Waals surface area contributed by atoms with E-state index in [1.807, 2.05) is 39.3 Å². The first kappa shape index (κ1) is 20.5. The minimum Gasteiger partial charge on any atom is -0.339 e. The van der Waals surface area contributed by atoms with Crippen molar-refractivity contribution in [1.29, 1.82) is 0 Å². The van der Waals surface area contributed by atoms with Crippen molar-refractivity contribution in [3.8, 4) is 0 Å². The molecule has 0 saturated carbocycles. The van der Waals surface area contributed by atoms with E-state index in [0.717, 1.165) is 11.1 Å². The van der Waals surface area contributed by atoms with Gasteiger partial charge in [-0.1, -0.05) is 0 Å². The lowest BCUT2D eigenvalue weighted by atomic mass is 10.1. The molecule has 3 rings (SSSR count). The third kappa shape index (κ3) is 4.13. The van der Waals surface area contributed by atoms with Crippen LogP contribution in [0.1, 0.15) is 60.1 Å². The Morgan fingerprint density at radius 2 is 1.79 bits per heavy atom. The number of benzene rings is 1. The van der Waals surface area contributed by atoms with Crippen LogP contribution in [0.15, 0.2) is 36.5 Å². The SMILES string of the molecule is CCN(CC)C(=O)c1ccc(NC(=O)c2cc(C)nc3c2cnn3C(C)C)cc1. The number of hydrogen-bond donors (Lipinski definition) is 1. The Morgan fingerprint density at radius 3 is 2.38 bits per heavy atom. The lowest BCUT2D eigenvalue weighted by Crippen LogP contribution is -2.30. The lowest BCUT2D eigenvalue weighted by Gasteiger charge is -2.18. The number of carbonyl (C=O) groups excluding carboxylic acids is 2. The van der Waals surface area contributed by atoms with Crippen LogP contribution in [0.5, 0.6) is 0 Å². The summed E-state index contributed by atoms with van der Waals surface area (Å²) in [6.07, 6.45) is 1.68. The van der Waals surface area contributed by atoms with Gasteiger partial charge in [-0.15, -0.1) is 0 Å². The number of amides is 2. The zero-order chi connectivity index (χ0) is 21.1. The second-order valence-electron chi connectivity index (χ2n) is 7.24. The average molecular weight is 393 g/mol. The van der Waals surface area contributed by atoms with E-state index < -0.39 is 0 Å². The molecule has 0 bridgehead atoms. The summed E-state index contributed by atoms with van der Waals surface area (Å²) in [4.78, 5) is 31.7. The number of rotatable bonds is 6. The number of aryl methyl sites for hydroxylation is 1. The summed E-state index contributed by atoms with van der Waals surface area (Å²) >= 11 is 0. The molecule has 0 atom stereocenters. The molecule has 0 unspecified atom stereocenters. The molecular formula is C22H27N5O2. The van der Waals surface area contributed by atoms with Gasteiger partial charge in [-0.25, -0.2) is 9.67 Å². The van der Waals surface area contributed by atoms with Crippen LogP contribution in [-0.2, 0) is 0 Å². The fourth-order valence-corrected chi connectivity index (χ4v) is 3.30. The largest absolute Gasteiger partial charge is 0.339 e. The van der Waals surface area contributed by atoms with Gasteiger partial charge in [0.05, 0.1) is 17.1 Å². The summed E-state index contributed by atoms with van der Waals surface area (Å²) in [7, 11) is 0. The maximum atomic E-state index is 12.9. The molecule has 0 aliphatic rings. The van der Waals surface area contributed by atoms with Gasteiger partial charge in [0.2, 0.25) is 0 Å². The van der Waals surface area contributed by atoms with Gasteiger partial charge in [0.15, 0.2) is 5.65 Å². The van der Waals surface area contributed by atoms with Gasteiger partial charge < -0.3 is 10.2 Å². The quantitative estimate of drug-likeness (QED) is 0.685. The molecule has 1 N–H and O–H groups in total. The Morgan fingerprint density at radius 1 is 1.14 bits per heavy atom. The molecule has 2 aromatic heterocycles. The second-order valence-corrected chi connectivity index (χ2v) is 7.24. The number of anilines is 1. The number of nitrogens with one attached hydrogen (secondary N) is 1. The van der Waals surface area contributed by atoms with Gasteiger partial charge in [0, 0.05) is 36.1 Å². The highest BCUT2D eigenvalue weighted by molar-refractivity contribution is 6.12. The first-order chi connectivity index (χ1) is 13.8. The molecule has 0 aliphatic carbocycles. The number of hydrogen-bond acceptors (Lipinski definition) is 4. The van der Waals surface area contributed by atoms with E-state index in [1.54, 1.807) is 41.4 Å². The highest BCUT2D eigenvalue weighted by atomic mass is 16.2. The molecular weight excluding hydrogens is 366 g/mol. The summed E-state index contributed by atoms with van der Waals surface area (Å²) in [6, 6.07) is 8.88. The topological polar surface area (TPSA) is 80.1 Å². The van der Waals surface area contributed by atoms with E-state index in [4.69, 9.17) is 0 Å². The minimum absolute atomic E-state index is 0.0135. The number of fused-ring (bicyclic) bond motifs is 1. The average Bonchev–Trinajstić information content (AvgIpc) is 3.12. The van der Waals surface area contributed by atoms with Gasteiger partial charge in [-0.05, 0) is 65.0 Å². The van der Waals surface area contributed by atoms with Crippen LogP contribution in [0, 0.1) is 6.92 Å². The molecule has 7 nitrogen and oxygen atoms in total. The van der Waals surface area contributed by atoms with Crippen LogP contribution in [0.3, 0.4) is 0 Å². The maximum absolute atomic E-state index is 12.9. The third-order valence-electron chi connectivity index (χ3n) is 4.87. The number of carbonyl (C=O) groups is 2. The molecule has 3 aromatic rings. The smallest absolute Gasteiger partial charge is 0.256 e. The molecule has 2 amide bonds. The first-order valence-electron chi connectivity index (χ1n) is 9.91. The Kier molecular flexibility index (Phi) is 5.96. The number of nitrogens with zero attached hydrogens (tertiary/aromatic N) is 4. The van der Waals surface area contributed by atoms with Gasteiger partial charge in [0.25, 0.3) is 11.8 Å². The Labute approximate surface area is 170 Å². The highest BCUT2D eigenvalue weighted by Gasteiger charge is 2.17. The third-order valence-corrected chi connectivity index (χ3v) is 4.87. The monoisotopic (exact) mass is 393 g/mol. The van der Waals surface area contributed by atoms with Gasteiger partial charge in [0.1, 0.15) is 0 Å². The van der Waals surface area contributed by atoms with Gasteiger partial charge in [-0.2, -0.15) is 5.10 Å². The van der Waals surface area contributed by atoms with Crippen molar-refractivity contribution < 1.29 is 9.59 Å². The maximum Gasteiger partial charge on any atom is 0.256 e. The molecule has 7 heteroatoms. The summed E-state index contributed by atoms with van der Waals surface area (Å²) in [6.45, 7) is 11.1. The van der Waals surface area contributed by atoms with Crippen molar-refractivity contribution in [3.63, 3.8) is 0 Å². The van der Waals surface area contributed by atoms with Crippen molar-refractivity contribution in [1.82, 2.24) is 19.7 Å². The molecule has 152 valence electrons. The van der Waals surface area contributed by atoms with Crippen LogP contribution in [0.25, 0.3) is 11.0 Å². The van der Waals surface area contributed by atoms with Crippen LogP contribution in [0.4, 0.5) is 5.69 Å². The fourth-order valence-electron chi connectivity index (χ4n) is 3.30.